The van der Waals surface area contributed by atoms with Gasteiger partial charge >= 0.3 is 0 Å². The molecule has 0 radical (unpaired) electrons. The summed E-state index contributed by atoms with van der Waals surface area (Å²) in [4.78, 5) is 10.6. The fourth-order valence-electron chi connectivity index (χ4n) is 9.28. The molecule has 0 saturated carbocycles. The third-order valence-electron chi connectivity index (χ3n) is 12.3. The van der Waals surface area contributed by atoms with Crippen LogP contribution in [0, 0.1) is 0 Å². The van der Waals surface area contributed by atoms with Crippen LogP contribution in [0.15, 0.2) is 220 Å². The lowest BCUT2D eigenvalue weighted by molar-refractivity contribution is 0.667. The molecule has 13 aromatic rings. The highest BCUT2D eigenvalue weighted by molar-refractivity contribution is 6.17. The zero-order chi connectivity index (χ0) is 41.4. The van der Waals surface area contributed by atoms with E-state index < -0.39 is 0 Å². The summed E-state index contributed by atoms with van der Waals surface area (Å²) in [5, 5.41) is 5.02. The van der Waals surface area contributed by atoms with Gasteiger partial charge in [0, 0.05) is 38.1 Å². The summed E-state index contributed by atoms with van der Waals surface area (Å²) < 4.78 is 19.7. The van der Waals surface area contributed by atoms with Crippen LogP contribution in [0.2, 0.25) is 0 Å². The second-order valence-corrected chi connectivity index (χ2v) is 16.0. The molecule has 9 aromatic carbocycles. The van der Waals surface area contributed by atoms with E-state index in [1.807, 2.05) is 48.5 Å². The minimum atomic E-state index is 0.597. The average Bonchev–Trinajstić information content (AvgIpc) is 4.05. The van der Waals surface area contributed by atoms with Crippen LogP contribution in [0.4, 0.5) is 0 Å². The molecule has 0 aliphatic carbocycles. The lowest BCUT2D eigenvalue weighted by Gasteiger charge is -2.08. The third-order valence-corrected chi connectivity index (χ3v) is 12.3. The van der Waals surface area contributed by atoms with E-state index in [-0.39, 0.29) is 0 Å². The first-order chi connectivity index (χ1) is 31.2. The summed E-state index contributed by atoms with van der Waals surface area (Å²) in [5.74, 6) is 0.597. The van der Waals surface area contributed by atoms with Crippen molar-refractivity contribution in [3.63, 3.8) is 0 Å². The van der Waals surface area contributed by atoms with E-state index in [1.54, 1.807) is 0 Å². The molecule has 5 nitrogen and oxygen atoms in total. The van der Waals surface area contributed by atoms with Gasteiger partial charge in [0.2, 0.25) is 0 Å². The molecule has 0 bridgehead atoms. The number of benzene rings is 9. The Hall–Kier alpha value is -8.54. The van der Waals surface area contributed by atoms with E-state index >= 15 is 0 Å². The Morgan fingerprint density at radius 1 is 0.286 bits per heavy atom. The highest BCUT2D eigenvalue weighted by atomic mass is 16.3. The monoisotopic (exact) mass is 806 g/mol. The van der Waals surface area contributed by atoms with E-state index in [9.17, 15) is 0 Å². The fraction of sp³-hybridized carbons (Fsp3) is 0. The van der Waals surface area contributed by atoms with Crippen molar-refractivity contribution in [2.75, 3.05) is 0 Å². The van der Waals surface area contributed by atoms with Crippen molar-refractivity contribution in [3.8, 4) is 67.2 Å². The first kappa shape index (κ1) is 35.2. The summed E-state index contributed by atoms with van der Waals surface area (Å²) in [6.45, 7) is 0. The predicted octanol–water partition coefficient (Wildman–Crippen LogP) is 16.2. The number of rotatable bonds is 6. The Bertz CT molecular complexity index is 3880. The predicted molar refractivity (Wildman–Crippen MR) is 256 cm³/mol. The second kappa shape index (κ2) is 14.0. The maximum absolute atomic E-state index is 6.59. The molecular formula is C58H34N2O3. The smallest absolute Gasteiger partial charge is 0.180 e. The molecule has 4 heterocycles. The number of nitrogens with zero attached hydrogens (tertiary/aromatic N) is 2. The van der Waals surface area contributed by atoms with Gasteiger partial charge in [-0.25, -0.2) is 9.97 Å². The zero-order valence-electron chi connectivity index (χ0n) is 33.7. The van der Waals surface area contributed by atoms with Gasteiger partial charge in [-0.15, -0.1) is 0 Å². The summed E-state index contributed by atoms with van der Waals surface area (Å²) in [5.41, 5.74) is 17.1. The van der Waals surface area contributed by atoms with E-state index in [4.69, 9.17) is 23.2 Å². The van der Waals surface area contributed by atoms with Crippen molar-refractivity contribution < 1.29 is 13.3 Å². The van der Waals surface area contributed by atoms with Crippen molar-refractivity contribution in [3.05, 3.63) is 206 Å². The van der Waals surface area contributed by atoms with Crippen molar-refractivity contribution >= 4 is 65.9 Å². The van der Waals surface area contributed by atoms with Crippen LogP contribution in [0.3, 0.4) is 0 Å². The molecule has 0 N–H and O–H groups in total. The average molecular weight is 807 g/mol. The SMILES string of the molecule is c1ccc(-c2ccc(-c3ccc4oc5cccc(-c6ccc7oc8cccc(-c9nc(-c%10ccccc%10)c%10oc%11ccc(-c%12ccccc%12)cc%11c%10n9)c8c7c6)c5c4c3)cc2)cc1. The molecule has 0 spiro atoms. The molecule has 63 heavy (non-hydrogen) atoms. The molecule has 5 heteroatoms. The molecule has 0 amide bonds. The second-order valence-electron chi connectivity index (χ2n) is 16.0. The first-order valence-electron chi connectivity index (χ1n) is 21.1. The van der Waals surface area contributed by atoms with Crippen LogP contribution in [0.25, 0.3) is 133 Å². The first-order valence-corrected chi connectivity index (χ1v) is 21.1. The van der Waals surface area contributed by atoms with Gasteiger partial charge in [-0.1, -0.05) is 158 Å². The topological polar surface area (TPSA) is 65.2 Å². The van der Waals surface area contributed by atoms with Gasteiger partial charge < -0.3 is 13.3 Å². The quantitative estimate of drug-likeness (QED) is 0.167. The highest BCUT2D eigenvalue weighted by Crippen LogP contribution is 2.44. The van der Waals surface area contributed by atoms with Gasteiger partial charge in [-0.2, -0.15) is 0 Å². The maximum Gasteiger partial charge on any atom is 0.180 e. The molecule has 4 aromatic heterocycles. The fourth-order valence-corrected chi connectivity index (χ4v) is 9.28. The van der Waals surface area contributed by atoms with Crippen LogP contribution in [-0.2, 0) is 0 Å². The van der Waals surface area contributed by atoms with Gasteiger partial charge in [-0.05, 0) is 93.0 Å². The molecule has 0 atom stereocenters. The summed E-state index contributed by atoms with van der Waals surface area (Å²) in [6.07, 6.45) is 0. The van der Waals surface area contributed by atoms with Crippen LogP contribution in [0.5, 0.6) is 0 Å². The third kappa shape index (κ3) is 5.78. The molecule has 0 fully saturated rings. The maximum atomic E-state index is 6.59. The van der Waals surface area contributed by atoms with Crippen LogP contribution in [-0.4, -0.2) is 9.97 Å². The standard InChI is InChI=1S/C58H34N2O3/c1-4-12-35(13-5-1)37-22-24-38(25-23-37)40-26-29-48-45(32-40)53-43(18-10-20-51(53)61-48)42-28-31-49-46(34-42)54-44(19-11-21-52(54)62-49)58-59-55(39-16-8-3-9-17-39)57-56(60-58)47-33-41(27-30-50(47)63-57)36-14-6-2-7-15-36/h1-34H. The Labute approximate surface area is 361 Å². The molecule has 0 unspecified atom stereocenters. The lowest BCUT2D eigenvalue weighted by atomic mass is 9.95. The number of hydrogen-bond acceptors (Lipinski definition) is 5. The lowest BCUT2D eigenvalue weighted by Crippen LogP contribution is -1.94. The number of fused-ring (bicyclic) bond motifs is 9. The van der Waals surface area contributed by atoms with E-state index in [0.29, 0.717) is 11.4 Å². The molecule has 13 rings (SSSR count). The Morgan fingerprint density at radius 2 is 0.730 bits per heavy atom. The number of hydrogen-bond donors (Lipinski definition) is 0. The van der Waals surface area contributed by atoms with Gasteiger partial charge in [-0.3, -0.25) is 0 Å². The Kier molecular flexibility index (Phi) is 7.84. The highest BCUT2D eigenvalue weighted by Gasteiger charge is 2.22. The molecule has 0 aliphatic heterocycles. The molecule has 0 saturated heterocycles. The minimum Gasteiger partial charge on any atom is -0.456 e. The van der Waals surface area contributed by atoms with Crippen molar-refractivity contribution in [2.24, 2.45) is 0 Å². The van der Waals surface area contributed by atoms with E-state index in [2.05, 4.69) is 158 Å². The van der Waals surface area contributed by atoms with Crippen molar-refractivity contribution in [2.45, 2.75) is 0 Å². The molecule has 0 aliphatic rings. The van der Waals surface area contributed by atoms with E-state index in [0.717, 1.165) is 111 Å². The molecular weight excluding hydrogens is 773 g/mol. The van der Waals surface area contributed by atoms with Crippen molar-refractivity contribution in [1.29, 1.82) is 0 Å². The van der Waals surface area contributed by atoms with Crippen molar-refractivity contribution in [1.82, 2.24) is 9.97 Å². The van der Waals surface area contributed by atoms with Gasteiger partial charge in [0.25, 0.3) is 0 Å². The largest absolute Gasteiger partial charge is 0.456 e. The van der Waals surface area contributed by atoms with Gasteiger partial charge in [0.1, 0.15) is 39.1 Å². The zero-order valence-corrected chi connectivity index (χ0v) is 33.7. The van der Waals surface area contributed by atoms with E-state index in [1.165, 1.54) is 11.1 Å². The summed E-state index contributed by atoms with van der Waals surface area (Å²) >= 11 is 0. The van der Waals surface area contributed by atoms with Crippen LogP contribution >= 0.6 is 0 Å². The molecule has 294 valence electrons. The Morgan fingerprint density at radius 3 is 1.35 bits per heavy atom. The van der Waals surface area contributed by atoms with Gasteiger partial charge in [0.05, 0.1) is 0 Å². The minimum absolute atomic E-state index is 0.597. The normalized spacial score (nSPS) is 11.8. The number of aromatic nitrogens is 2. The van der Waals surface area contributed by atoms with Crippen LogP contribution < -0.4 is 0 Å². The van der Waals surface area contributed by atoms with Crippen LogP contribution in [0.1, 0.15) is 0 Å². The summed E-state index contributed by atoms with van der Waals surface area (Å²) in [6, 6.07) is 71.5. The number of furan rings is 3. The summed E-state index contributed by atoms with van der Waals surface area (Å²) in [7, 11) is 0. The van der Waals surface area contributed by atoms with Gasteiger partial charge in [0.15, 0.2) is 11.4 Å². The Balaban J connectivity index is 0.977.